The molecule has 1 aliphatic heterocycles. The zero-order valence-corrected chi connectivity index (χ0v) is 14.4. The van der Waals surface area contributed by atoms with Crippen molar-refractivity contribution in [3.05, 3.63) is 57.8 Å². The molecule has 3 nitrogen and oxygen atoms in total. The first-order valence-electron chi connectivity index (χ1n) is 8.29. The van der Waals surface area contributed by atoms with Gasteiger partial charge in [0, 0.05) is 18.7 Å². The molecule has 0 bridgehead atoms. The van der Waals surface area contributed by atoms with E-state index >= 15 is 0 Å². The van der Waals surface area contributed by atoms with Crippen LogP contribution in [0.4, 0.5) is 0 Å². The monoisotopic (exact) mass is 328 g/mol. The minimum atomic E-state index is 0.0591. The van der Waals surface area contributed by atoms with Gasteiger partial charge in [-0.2, -0.15) is 11.3 Å². The number of likely N-dealkylation sites (tertiary alicyclic amines) is 1. The van der Waals surface area contributed by atoms with Gasteiger partial charge in [-0.15, -0.1) is 0 Å². The molecule has 0 unspecified atom stereocenters. The van der Waals surface area contributed by atoms with E-state index in [2.05, 4.69) is 27.0 Å². The number of carbonyl (C=O) groups is 1. The molecular weight excluding hydrogens is 304 g/mol. The smallest absolute Gasteiger partial charge is 0.251 e. The van der Waals surface area contributed by atoms with E-state index in [1.807, 2.05) is 31.2 Å². The topological polar surface area (TPSA) is 32.3 Å². The van der Waals surface area contributed by atoms with Crippen LogP contribution in [0, 0.1) is 12.8 Å². The highest BCUT2D eigenvalue weighted by Gasteiger charge is 2.20. The Morgan fingerprint density at radius 1 is 1.26 bits per heavy atom. The molecule has 3 rings (SSSR count). The van der Waals surface area contributed by atoms with Crippen LogP contribution in [0.2, 0.25) is 0 Å². The van der Waals surface area contributed by atoms with E-state index in [9.17, 15) is 4.79 Å². The molecule has 1 aliphatic rings. The second-order valence-corrected chi connectivity index (χ2v) is 7.16. The molecule has 1 aromatic heterocycles. The van der Waals surface area contributed by atoms with E-state index in [0.29, 0.717) is 5.92 Å². The Morgan fingerprint density at radius 2 is 2.04 bits per heavy atom. The third-order valence-electron chi connectivity index (χ3n) is 4.63. The minimum Gasteiger partial charge on any atom is -0.352 e. The summed E-state index contributed by atoms with van der Waals surface area (Å²) in [6, 6.07) is 9.98. The van der Waals surface area contributed by atoms with Crippen molar-refractivity contribution in [1.82, 2.24) is 10.2 Å². The molecule has 23 heavy (non-hydrogen) atoms. The number of aryl methyl sites for hydroxylation is 1. The van der Waals surface area contributed by atoms with E-state index in [1.54, 1.807) is 11.3 Å². The van der Waals surface area contributed by atoms with E-state index in [1.165, 1.54) is 5.56 Å². The number of amides is 1. The second kappa shape index (κ2) is 7.75. The summed E-state index contributed by atoms with van der Waals surface area (Å²) in [6.07, 6.45) is 2.33. The summed E-state index contributed by atoms with van der Waals surface area (Å²) < 4.78 is 0. The zero-order chi connectivity index (χ0) is 16.1. The average molecular weight is 328 g/mol. The molecule has 0 atom stereocenters. The van der Waals surface area contributed by atoms with E-state index in [4.69, 9.17) is 0 Å². The van der Waals surface area contributed by atoms with E-state index in [-0.39, 0.29) is 5.91 Å². The molecule has 1 saturated heterocycles. The largest absolute Gasteiger partial charge is 0.352 e. The molecular formula is C19H24N2OS. The van der Waals surface area contributed by atoms with Gasteiger partial charge in [-0.25, -0.2) is 0 Å². The number of carbonyl (C=O) groups excluding carboxylic acids is 1. The van der Waals surface area contributed by atoms with Gasteiger partial charge >= 0.3 is 0 Å². The highest BCUT2D eigenvalue weighted by molar-refractivity contribution is 7.07. The fraction of sp³-hybridized carbons (Fsp3) is 0.421. The Kier molecular flexibility index (Phi) is 5.47. The third kappa shape index (κ3) is 4.43. The molecule has 1 amide bonds. The van der Waals surface area contributed by atoms with Gasteiger partial charge < -0.3 is 5.32 Å². The zero-order valence-electron chi connectivity index (χ0n) is 13.6. The van der Waals surface area contributed by atoms with E-state index in [0.717, 1.165) is 50.1 Å². The Labute approximate surface area is 142 Å². The molecule has 2 heterocycles. The van der Waals surface area contributed by atoms with Gasteiger partial charge in [-0.1, -0.05) is 18.2 Å². The maximum atomic E-state index is 12.3. The lowest BCUT2D eigenvalue weighted by molar-refractivity contribution is 0.0934. The van der Waals surface area contributed by atoms with Gasteiger partial charge in [-0.05, 0) is 72.8 Å². The number of nitrogens with zero attached hydrogens (tertiary/aromatic N) is 1. The van der Waals surface area contributed by atoms with Crippen molar-refractivity contribution in [3.8, 4) is 0 Å². The summed E-state index contributed by atoms with van der Waals surface area (Å²) in [5.74, 6) is 0.658. The van der Waals surface area contributed by atoms with Gasteiger partial charge in [0.1, 0.15) is 0 Å². The predicted molar refractivity (Wildman–Crippen MR) is 95.8 cm³/mol. The van der Waals surface area contributed by atoms with Gasteiger partial charge in [0.25, 0.3) is 5.91 Å². The number of hydrogen-bond acceptors (Lipinski definition) is 3. The Bertz CT molecular complexity index is 631. The number of benzene rings is 1. The molecule has 122 valence electrons. The van der Waals surface area contributed by atoms with Crippen LogP contribution in [-0.4, -0.2) is 30.4 Å². The summed E-state index contributed by atoms with van der Waals surface area (Å²) in [5.41, 5.74) is 3.25. The lowest BCUT2D eigenvalue weighted by atomic mass is 9.96. The van der Waals surface area contributed by atoms with Crippen molar-refractivity contribution in [3.63, 3.8) is 0 Å². The first kappa shape index (κ1) is 16.2. The Morgan fingerprint density at radius 3 is 2.74 bits per heavy atom. The number of piperidine rings is 1. The number of nitrogens with one attached hydrogen (secondary N) is 1. The summed E-state index contributed by atoms with van der Waals surface area (Å²) in [7, 11) is 0. The van der Waals surface area contributed by atoms with Crippen molar-refractivity contribution in [2.45, 2.75) is 26.3 Å². The summed E-state index contributed by atoms with van der Waals surface area (Å²) in [6.45, 7) is 6.09. The van der Waals surface area contributed by atoms with Crippen molar-refractivity contribution in [1.29, 1.82) is 0 Å². The molecule has 0 aliphatic carbocycles. The van der Waals surface area contributed by atoms with Crippen molar-refractivity contribution >= 4 is 17.2 Å². The van der Waals surface area contributed by atoms with Crippen LogP contribution in [0.25, 0.3) is 0 Å². The molecule has 4 heteroatoms. The van der Waals surface area contributed by atoms with Crippen molar-refractivity contribution in [2.75, 3.05) is 19.6 Å². The van der Waals surface area contributed by atoms with Crippen LogP contribution < -0.4 is 5.32 Å². The summed E-state index contributed by atoms with van der Waals surface area (Å²) in [5, 5.41) is 7.49. The summed E-state index contributed by atoms with van der Waals surface area (Å²) >= 11 is 1.76. The second-order valence-electron chi connectivity index (χ2n) is 6.38. The van der Waals surface area contributed by atoms with Crippen LogP contribution in [0.1, 0.15) is 34.3 Å². The molecule has 1 aromatic carbocycles. The Hall–Kier alpha value is -1.65. The first-order chi connectivity index (χ1) is 11.2. The van der Waals surface area contributed by atoms with Gasteiger partial charge in [0.05, 0.1) is 0 Å². The van der Waals surface area contributed by atoms with Crippen LogP contribution in [-0.2, 0) is 6.54 Å². The molecule has 0 radical (unpaired) electrons. The van der Waals surface area contributed by atoms with Crippen molar-refractivity contribution in [2.24, 2.45) is 5.92 Å². The van der Waals surface area contributed by atoms with Gasteiger partial charge in [0.2, 0.25) is 0 Å². The number of thiophene rings is 1. The predicted octanol–water partition coefficient (Wildman–Crippen LogP) is 3.70. The van der Waals surface area contributed by atoms with E-state index < -0.39 is 0 Å². The molecule has 1 N–H and O–H groups in total. The fourth-order valence-corrected chi connectivity index (χ4v) is 3.81. The van der Waals surface area contributed by atoms with Gasteiger partial charge in [0.15, 0.2) is 0 Å². The van der Waals surface area contributed by atoms with Crippen molar-refractivity contribution < 1.29 is 4.79 Å². The minimum absolute atomic E-state index is 0.0591. The van der Waals surface area contributed by atoms with Crippen LogP contribution in [0.5, 0.6) is 0 Å². The van der Waals surface area contributed by atoms with Crippen LogP contribution in [0.3, 0.4) is 0 Å². The molecule has 0 spiro atoms. The quantitative estimate of drug-likeness (QED) is 0.908. The maximum absolute atomic E-state index is 12.3. The number of rotatable bonds is 5. The molecule has 0 saturated carbocycles. The third-order valence-corrected chi connectivity index (χ3v) is 5.37. The average Bonchev–Trinajstić information content (AvgIpc) is 3.07. The highest BCUT2D eigenvalue weighted by atomic mass is 32.1. The lowest BCUT2D eigenvalue weighted by Crippen LogP contribution is -2.38. The molecule has 2 aromatic rings. The molecule has 1 fully saturated rings. The van der Waals surface area contributed by atoms with Gasteiger partial charge in [-0.3, -0.25) is 9.69 Å². The SMILES string of the molecule is Cc1ccccc1C(=O)NCC1CCN(Cc2ccsc2)CC1. The standard InChI is InChI=1S/C19H24N2OS/c1-15-4-2-3-5-18(15)19(22)20-12-16-6-9-21(10-7-16)13-17-8-11-23-14-17/h2-5,8,11,14,16H,6-7,9-10,12-13H2,1H3,(H,20,22). The maximum Gasteiger partial charge on any atom is 0.251 e. The highest BCUT2D eigenvalue weighted by Crippen LogP contribution is 2.19. The van der Waals surface area contributed by atoms with Crippen LogP contribution in [0.15, 0.2) is 41.1 Å². The first-order valence-corrected chi connectivity index (χ1v) is 9.24. The fourth-order valence-electron chi connectivity index (χ4n) is 3.15. The van der Waals surface area contributed by atoms with Crippen LogP contribution >= 0.6 is 11.3 Å². The lowest BCUT2D eigenvalue weighted by Gasteiger charge is -2.31. The normalized spacial score (nSPS) is 16.4. The Balaban J connectivity index is 1.42. The number of hydrogen-bond donors (Lipinski definition) is 1. The summed E-state index contributed by atoms with van der Waals surface area (Å²) in [4.78, 5) is 14.8.